The number of para-hydroxylation sites is 1. The lowest BCUT2D eigenvalue weighted by molar-refractivity contribution is 0.0774. The topological polar surface area (TPSA) is 29.5 Å². The van der Waals surface area contributed by atoms with Crippen LogP contribution in [0.2, 0.25) is 0 Å². The quantitative estimate of drug-likeness (QED) is 0.671. The highest BCUT2D eigenvalue weighted by atomic mass is 16.7. The Labute approximate surface area is 129 Å². The first-order valence-corrected chi connectivity index (χ1v) is 7.14. The van der Waals surface area contributed by atoms with E-state index in [1.165, 1.54) is 12.2 Å². The summed E-state index contributed by atoms with van der Waals surface area (Å²) < 4.78 is 0. The van der Waals surface area contributed by atoms with E-state index in [-0.39, 0.29) is 5.91 Å². The maximum absolute atomic E-state index is 12.9. The van der Waals surface area contributed by atoms with Crippen molar-refractivity contribution in [3.63, 3.8) is 0 Å². The lowest BCUT2D eigenvalue weighted by Gasteiger charge is -2.22. The van der Waals surface area contributed by atoms with Gasteiger partial charge in [-0.1, -0.05) is 54.6 Å². The van der Waals surface area contributed by atoms with Gasteiger partial charge in [-0.05, 0) is 35.4 Å². The third-order valence-electron chi connectivity index (χ3n) is 3.72. The van der Waals surface area contributed by atoms with E-state index in [1.54, 1.807) is 0 Å². The highest BCUT2D eigenvalue weighted by Crippen LogP contribution is 2.25. The van der Waals surface area contributed by atoms with E-state index < -0.39 is 0 Å². The summed E-state index contributed by atoms with van der Waals surface area (Å²) in [6, 6.07) is 21.2. The SMILES string of the molecule is CON(C(=O)c1cccc2ccccc12)c1ccccc1C. The van der Waals surface area contributed by atoms with Gasteiger partial charge in [0, 0.05) is 5.56 Å². The number of fused-ring (bicyclic) bond motifs is 1. The lowest BCUT2D eigenvalue weighted by Crippen LogP contribution is -2.30. The van der Waals surface area contributed by atoms with Gasteiger partial charge in [-0.25, -0.2) is 0 Å². The predicted octanol–water partition coefficient (Wildman–Crippen LogP) is 4.36. The molecule has 0 bridgehead atoms. The minimum atomic E-state index is -0.173. The van der Waals surface area contributed by atoms with Gasteiger partial charge in [0.05, 0.1) is 12.8 Å². The Morgan fingerprint density at radius 1 is 0.909 bits per heavy atom. The fourth-order valence-corrected chi connectivity index (χ4v) is 2.60. The van der Waals surface area contributed by atoms with Crippen molar-refractivity contribution in [2.24, 2.45) is 0 Å². The molecule has 3 aromatic rings. The standard InChI is InChI=1S/C19H17NO2/c1-14-8-3-6-13-18(14)20(22-2)19(21)17-12-7-10-15-9-4-5-11-16(15)17/h3-13H,1-2H3. The molecule has 0 N–H and O–H groups in total. The van der Waals surface area contributed by atoms with Gasteiger partial charge in [0.2, 0.25) is 0 Å². The molecular weight excluding hydrogens is 274 g/mol. The molecule has 0 aliphatic heterocycles. The molecule has 0 heterocycles. The summed E-state index contributed by atoms with van der Waals surface area (Å²) in [5.41, 5.74) is 2.36. The number of hydrogen-bond acceptors (Lipinski definition) is 2. The first-order valence-electron chi connectivity index (χ1n) is 7.14. The van der Waals surface area contributed by atoms with Crippen molar-refractivity contribution in [3.8, 4) is 0 Å². The van der Waals surface area contributed by atoms with Gasteiger partial charge in [0.25, 0.3) is 5.91 Å². The van der Waals surface area contributed by atoms with Crippen LogP contribution in [0.25, 0.3) is 10.8 Å². The van der Waals surface area contributed by atoms with Gasteiger partial charge in [-0.2, -0.15) is 5.06 Å². The first kappa shape index (κ1) is 14.3. The fourth-order valence-electron chi connectivity index (χ4n) is 2.60. The van der Waals surface area contributed by atoms with Crippen LogP contribution in [0.1, 0.15) is 15.9 Å². The number of nitrogens with zero attached hydrogens (tertiary/aromatic N) is 1. The number of hydroxylamine groups is 1. The molecule has 0 saturated heterocycles. The normalized spacial score (nSPS) is 10.6. The number of rotatable bonds is 3. The molecule has 0 aliphatic rings. The molecule has 110 valence electrons. The van der Waals surface area contributed by atoms with Crippen molar-refractivity contribution in [1.29, 1.82) is 0 Å². The van der Waals surface area contributed by atoms with Gasteiger partial charge < -0.3 is 0 Å². The van der Waals surface area contributed by atoms with Crippen LogP contribution in [0.15, 0.2) is 66.7 Å². The molecule has 22 heavy (non-hydrogen) atoms. The minimum Gasteiger partial charge on any atom is -0.269 e. The Kier molecular flexibility index (Phi) is 3.90. The monoisotopic (exact) mass is 291 g/mol. The van der Waals surface area contributed by atoms with Crippen LogP contribution in [0.4, 0.5) is 5.69 Å². The molecule has 0 saturated carbocycles. The minimum absolute atomic E-state index is 0.173. The van der Waals surface area contributed by atoms with Crippen LogP contribution in [0.5, 0.6) is 0 Å². The predicted molar refractivity (Wildman–Crippen MR) is 88.9 cm³/mol. The molecular formula is C19H17NO2. The highest BCUT2D eigenvalue weighted by molar-refractivity contribution is 6.13. The zero-order chi connectivity index (χ0) is 15.5. The van der Waals surface area contributed by atoms with Gasteiger partial charge in [0.1, 0.15) is 0 Å². The summed E-state index contributed by atoms with van der Waals surface area (Å²) in [5, 5.41) is 3.30. The van der Waals surface area contributed by atoms with Crippen molar-refractivity contribution in [3.05, 3.63) is 77.9 Å². The average Bonchev–Trinajstić information content (AvgIpc) is 2.56. The summed E-state index contributed by atoms with van der Waals surface area (Å²) in [5.74, 6) is -0.173. The van der Waals surface area contributed by atoms with Crippen LogP contribution < -0.4 is 5.06 Å². The number of hydrogen-bond donors (Lipinski definition) is 0. The molecule has 0 aliphatic carbocycles. The molecule has 0 radical (unpaired) electrons. The van der Waals surface area contributed by atoms with Gasteiger partial charge in [0.15, 0.2) is 0 Å². The number of carbonyl (C=O) groups excluding carboxylic acids is 1. The van der Waals surface area contributed by atoms with Crippen LogP contribution >= 0.6 is 0 Å². The summed E-state index contributed by atoms with van der Waals surface area (Å²) in [6.45, 7) is 1.96. The second kappa shape index (κ2) is 6.00. The average molecular weight is 291 g/mol. The van der Waals surface area contributed by atoms with E-state index in [1.807, 2.05) is 73.7 Å². The van der Waals surface area contributed by atoms with E-state index in [9.17, 15) is 4.79 Å². The third kappa shape index (κ3) is 2.47. The van der Waals surface area contributed by atoms with E-state index in [0.29, 0.717) is 5.56 Å². The summed E-state index contributed by atoms with van der Waals surface area (Å²) in [4.78, 5) is 18.3. The Morgan fingerprint density at radius 2 is 1.59 bits per heavy atom. The lowest BCUT2D eigenvalue weighted by atomic mass is 10.0. The molecule has 0 fully saturated rings. The van der Waals surface area contributed by atoms with E-state index in [4.69, 9.17) is 4.84 Å². The first-order chi connectivity index (χ1) is 10.7. The number of carbonyl (C=O) groups is 1. The number of benzene rings is 3. The highest BCUT2D eigenvalue weighted by Gasteiger charge is 2.20. The molecule has 1 amide bonds. The van der Waals surface area contributed by atoms with Crippen molar-refractivity contribution in [1.82, 2.24) is 0 Å². The summed E-state index contributed by atoms with van der Waals surface area (Å²) in [6.07, 6.45) is 0. The third-order valence-corrected chi connectivity index (χ3v) is 3.72. The fraction of sp³-hybridized carbons (Fsp3) is 0.105. The Balaban J connectivity index is 2.10. The van der Waals surface area contributed by atoms with E-state index in [0.717, 1.165) is 22.0 Å². The van der Waals surface area contributed by atoms with E-state index >= 15 is 0 Å². The maximum atomic E-state index is 12.9. The van der Waals surface area contributed by atoms with E-state index in [2.05, 4.69) is 0 Å². The molecule has 0 atom stereocenters. The molecule has 3 aromatic carbocycles. The summed E-state index contributed by atoms with van der Waals surface area (Å²) in [7, 11) is 1.51. The second-order valence-electron chi connectivity index (χ2n) is 5.10. The number of amides is 1. The molecule has 3 nitrogen and oxygen atoms in total. The Morgan fingerprint density at radius 3 is 2.36 bits per heavy atom. The molecule has 0 unspecified atom stereocenters. The van der Waals surface area contributed by atoms with Crippen LogP contribution in [0, 0.1) is 6.92 Å². The van der Waals surface area contributed by atoms with Crippen LogP contribution in [-0.4, -0.2) is 13.0 Å². The largest absolute Gasteiger partial charge is 0.282 e. The molecule has 0 aromatic heterocycles. The van der Waals surface area contributed by atoms with Gasteiger partial charge in [-0.15, -0.1) is 0 Å². The molecule has 0 spiro atoms. The van der Waals surface area contributed by atoms with Gasteiger partial charge in [-0.3, -0.25) is 9.63 Å². The smallest absolute Gasteiger partial charge is 0.269 e. The van der Waals surface area contributed by atoms with Crippen molar-refractivity contribution in [2.45, 2.75) is 6.92 Å². The van der Waals surface area contributed by atoms with Crippen LogP contribution in [0.3, 0.4) is 0 Å². The zero-order valence-corrected chi connectivity index (χ0v) is 12.6. The molecule has 3 heteroatoms. The Bertz CT molecular complexity index is 821. The van der Waals surface area contributed by atoms with Gasteiger partial charge >= 0.3 is 0 Å². The Hall–Kier alpha value is -2.65. The van der Waals surface area contributed by atoms with Crippen molar-refractivity contribution < 1.29 is 9.63 Å². The van der Waals surface area contributed by atoms with Crippen LogP contribution in [-0.2, 0) is 4.84 Å². The van der Waals surface area contributed by atoms with Crippen molar-refractivity contribution in [2.75, 3.05) is 12.2 Å². The number of anilines is 1. The maximum Gasteiger partial charge on any atom is 0.282 e. The second-order valence-corrected chi connectivity index (χ2v) is 5.10. The zero-order valence-electron chi connectivity index (χ0n) is 12.6. The molecule has 3 rings (SSSR count). The summed E-state index contributed by atoms with van der Waals surface area (Å²) >= 11 is 0. The number of aryl methyl sites for hydroxylation is 1. The van der Waals surface area contributed by atoms with Crippen molar-refractivity contribution >= 4 is 22.4 Å².